The van der Waals surface area contributed by atoms with E-state index in [1.54, 1.807) is 57.2 Å². The second-order valence-electron chi connectivity index (χ2n) is 26.4. The molecule has 0 aliphatic heterocycles. The molecule has 0 fully saturated rings. The normalized spacial score (nSPS) is 33.3. The van der Waals surface area contributed by atoms with Crippen molar-refractivity contribution in [3.8, 4) is 17.2 Å². The summed E-state index contributed by atoms with van der Waals surface area (Å²) in [6, 6.07) is 9.50. The number of Topliss-reactive ketones (excluding diaryl/α,β-unsaturated/α-hetero) is 6. The second kappa shape index (κ2) is 25.8. The summed E-state index contributed by atoms with van der Waals surface area (Å²) >= 11 is 0. The summed E-state index contributed by atoms with van der Waals surface area (Å²) in [6.45, 7) is 5.03. The topological polar surface area (TPSA) is 639 Å². The first-order valence-corrected chi connectivity index (χ1v) is 30.0. The van der Waals surface area contributed by atoms with Crippen molar-refractivity contribution in [1.82, 2.24) is 14.7 Å². The van der Waals surface area contributed by atoms with Gasteiger partial charge in [-0.3, -0.25) is 57.9 Å². The molecule has 0 radical (unpaired) electrons. The van der Waals surface area contributed by atoms with Crippen molar-refractivity contribution in [2.75, 3.05) is 42.3 Å². The van der Waals surface area contributed by atoms with Gasteiger partial charge in [0.05, 0.1) is 70.9 Å². The highest BCUT2D eigenvalue weighted by molar-refractivity contribution is 6.27. The van der Waals surface area contributed by atoms with Crippen LogP contribution in [0.1, 0.15) is 86.3 Å². The maximum absolute atomic E-state index is 13.3. The number of phenols is 3. The molecular formula is C66H78N6O27. The van der Waals surface area contributed by atoms with E-state index in [-0.39, 0.29) is 50.4 Å². The summed E-state index contributed by atoms with van der Waals surface area (Å²) in [7, 11) is 8.93. The molecule has 0 aromatic heterocycles. The fourth-order valence-corrected chi connectivity index (χ4v) is 16.7. The van der Waals surface area contributed by atoms with Gasteiger partial charge in [-0.1, -0.05) is 57.2 Å². The lowest BCUT2D eigenvalue weighted by Crippen LogP contribution is -2.68. The van der Waals surface area contributed by atoms with Gasteiger partial charge < -0.3 is 110 Å². The van der Waals surface area contributed by atoms with Crippen molar-refractivity contribution in [1.29, 1.82) is 0 Å². The van der Waals surface area contributed by atoms with E-state index < -0.39 is 227 Å². The number of hydrogen-bond acceptors (Lipinski definition) is 27. The number of aromatic hydroxyl groups is 3. The van der Waals surface area contributed by atoms with E-state index in [2.05, 4.69) is 0 Å². The van der Waals surface area contributed by atoms with E-state index >= 15 is 0 Å². The maximum atomic E-state index is 13.3. The molecule has 9 aliphatic rings. The Labute approximate surface area is 561 Å². The molecule has 33 heteroatoms. The third-order valence-electron chi connectivity index (χ3n) is 21.0. The van der Waals surface area contributed by atoms with Gasteiger partial charge in [-0.2, -0.15) is 0 Å². The van der Waals surface area contributed by atoms with Crippen molar-refractivity contribution in [3.05, 3.63) is 156 Å². The number of nitrogens with two attached hydrogens (primary N) is 3. The van der Waals surface area contributed by atoms with Crippen LogP contribution in [0.4, 0.5) is 0 Å². The van der Waals surface area contributed by atoms with Gasteiger partial charge in [-0.25, -0.2) is 0 Å². The highest BCUT2D eigenvalue weighted by atomic mass is 16.4. The first kappa shape index (κ1) is 76.6. The molecule has 0 spiro atoms. The number of ketones is 6. The van der Waals surface area contributed by atoms with Gasteiger partial charge in [-0.05, 0) is 94.9 Å². The van der Waals surface area contributed by atoms with Gasteiger partial charge in [0.1, 0.15) is 68.5 Å². The quantitative estimate of drug-likeness (QED) is 0.106. The molecule has 0 bridgehead atoms. The number of aliphatic hydroxyl groups excluding tert-OH is 9. The van der Waals surface area contributed by atoms with E-state index in [1.165, 1.54) is 75.2 Å². The fourth-order valence-electron chi connectivity index (χ4n) is 16.7. The van der Waals surface area contributed by atoms with Crippen molar-refractivity contribution in [3.63, 3.8) is 0 Å². The lowest BCUT2D eigenvalue weighted by atomic mass is 9.55. The highest BCUT2D eigenvalue weighted by Crippen LogP contribution is 2.59. The largest absolute Gasteiger partial charge is 0.510 e. The zero-order valence-corrected chi connectivity index (χ0v) is 54.3. The predicted molar refractivity (Wildman–Crippen MR) is 340 cm³/mol. The van der Waals surface area contributed by atoms with Crippen LogP contribution < -0.4 is 17.2 Å². The Morgan fingerprint density at radius 3 is 0.768 bits per heavy atom. The number of carbonyl (C=O) groups excluding carboxylic acids is 9. The van der Waals surface area contributed by atoms with Crippen molar-refractivity contribution in [2.24, 2.45) is 52.7 Å². The molecule has 0 heterocycles. The summed E-state index contributed by atoms with van der Waals surface area (Å²) in [5, 5.41) is 165. The van der Waals surface area contributed by atoms with Crippen LogP contribution in [0, 0.1) is 35.5 Å². The molecule has 12 rings (SSSR count). The number of primary amides is 3. The number of hydrogen-bond donors (Lipinski definition) is 18. The minimum atomic E-state index is -2.89. The van der Waals surface area contributed by atoms with Crippen molar-refractivity contribution >= 4 is 52.4 Å². The second-order valence-corrected chi connectivity index (χ2v) is 26.4. The van der Waals surface area contributed by atoms with Crippen LogP contribution in [0.5, 0.6) is 17.2 Å². The molecule has 0 saturated heterocycles. The van der Waals surface area contributed by atoms with Crippen molar-refractivity contribution in [2.45, 2.75) is 91.8 Å². The first-order chi connectivity index (χ1) is 44.6. The smallest absolute Gasteiger partial charge is 0.255 e. The molecule has 33 nitrogen and oxygen atoms in total. The molecule has 99 heavy (non-hydrogen) atoms. The van der Waals surface area contributed by atoms with Gasteiger partial charge in [0.2, 0.25) is 17.3 Å². The number of phenolic OH excluding ortho intramolecular Hbond substituents is 3. The number of aliphatic hydroxyl groups is 12. The number of benzene rings is 3. The fraction of sp³-hybridized carbons (Fsp3) is 0.409. The predicted octanol–water partition coefficient (Wildman–Crippen LogP) is -3.52. The Morgan fingerprint density at radius 1 is 0.384 bits per heavy atom. The van der Waals surface area contributed by atoms with Crippen LogP contribution in [-0.4, -0.2) is 256 Å². The molecule has 3 aromatic rings. The van der Waals surface area contributed by atoms with Gasteiger partial charge in [0.25, 0.3) is 17.7 Å². The van der Waals surface area contributed by atoms with E-state index in [0.29, 0.717) is 16.7 Å². The Morgan fingerprint density at radius 2 is 0.586 bits per heavy atom. The van der Waals surface area contributed by atoms with Crippen LogP contribution >= 0.6 is 0 Å². The lowest BCUT2D eigenvalue weighted by Gasteiger charge is -2.53. The van der Waals surface area contributed by atoms with Gasteiger partial charge in [0, 0.05) is 34.5 Å². The monoisotopic (exact) mass is 1390 g/mol. The Balaban J connectivity index is 0.000000206. The van der Waals surface area contributed by atoms with Gasteiger partial charge >= 0.3 is 0 Å². The van der Waals surface area contributed by atoms with Crippen LogP contribution in [-0.2, 0) is 28.8 Å². The Kier molecular flexibility index (Phi) is 20.0. The molecule has 3 amide bonds. The summed E-state index contributed by atoms with van der Waals surface area (Å²) in [5.74, 6) is -26.6. The molecule has 0 saturated carbocycles. The molecule has 27 N–H and O–H groups in total. The zero-order valence-electron chi connectivity index (χ0n) is 54.3. The number of fused-ring (bicyclic) bond motifs is 9. The SMILES string of the molecule is C[C@H]1c2cccc(O)c2C(=O)C2=C(O)[C@]3(O)C(=O)C(C(N)=O)=C(O)[C@@H](N(C)C)[C@@H]3[C@@H](O)[C@@H]21.C[C@H]1c2cccc(O)c2C(=O)C2=C(O)[C@]3(O)C(=O)C(C(N)=O)=C(O)[C@@H](N(C)C)[C@@H]3[C@@H](O)[C@@H]21.C[C@H]1c2cccc(O)c2C(=O)C2=C(O)[C@]3(O)C(=O)C(C(N)=O)=C(O)[C@@H](N(C)C)[C@@H]3[C@@H](O)[C@@H]21.O.O.O. The summed E-state index contributed by atoms with van der Waals surface area (Å²) < 4.78 is 0. The number of nitrogens with zero attached hydrogens (tertiary/aromatic N) is 3. The van der Waals surface area contributed by atoms with Crippen LogP contribution in [0.2, 0.25) is 0 Å². The Bertz CT molecular complexity index is 3840. The number of carbonyl (C=O) groups is 9. The van der Waals surface area contributed by atoms with Crippen LogP contribution in [0.3, 0.4) is 0 Å². The number of rotatable bonds is 6. The van der Waals surface area contributed by atoms with Crippen molar-refractivity contribution < 1.29 is 136 Å². The molecule has 18 atom stereocenters. The number of likely N-dealkylation sites (N-methyl/N-ethyl adjacent to an activating group) is 3. The van der Waals surface area contributed by atoms with E-state index in [0.717, 1.165) is 0 Å². The molecule has 0 unspecified atom stereocenters. The average molecular weight is 1390 g/mol. The van der Waals surface area contributed by atoms with E-state index in [4.69, 9.17) is 17.2 Å². The highest BCUT2D eigenvalue weighted by Gasteiger charge is 2.71. The van der Waals surface area contributed by atoms with Gasteiger partial charge in [-0.15, -0.1) is 0 Å². The molecular weight excluding hydrogens is 1310 g/mol. The maximum Gasteiger partial charge on any atom is 0.255 e. The molecule has 3 aromatic carbocycles. The lowest BCUT2D eigenvalue weighted by molar-refractivity contribution is -0.162. The van der Waals surface area contributed by atoms with Crippen LogP contribution in [0.25, 0.3) is 0 Å². The third-order valence-corrected chi connectivity index (χ3v) is 21.0. The van der Waals surface area contributed by atoms with E-state index in [9.17, 15) is 120 Å². The zero-order chi connectivity index (χ0) is 71.6. The van der Waals surface area contributed by atoms with Crippen LogP contribution in [0.15, 0.2) is 123 Å². The first-order valence-electron chi connectivity index (χ1n) is 30.0. The third kappa shape index (κ3) is 10.2. The minimum Gasteiger partial charge on any atom is -0.510 e. The summed E-state index contributed by atoms with van der Waals surface area (Å²) in [6.07, 6.45) is -4.77. The standard InChI is InChI=1S/3C22H24N2O8.3H2O/c3*1-7-8-5-4-6-9(25)11(8)16(26)12-10(7)17(27)14-15(24(2)3)18(28)13(21(23)31)20(30)22(14,32)19(12)29;;;/h3*4-7,10,14-15,17,25,27-29,32H,1-3H3,(H2,23,31);3*1H2/t3*7-,10+,14+,15-,17-,22-;;;/m000.../s1. The van der Waals surface area contributed by atoms with Gasteiger partial charge in [0.15, 0.2) is 34.2 Å². The minimum absolute atomic E-state index is 0. The summed E-state index contributed by atoms with van der Waals surface area (Å²) in [4.78, 5) is 119. The Hall–Kier alpha value is -9.75. The summed E-state index contributed by atoms with van der Waals surface area (Å²) in [5.41, 5.74) is 4.09. The molecule has 534 valence electrons. The average Bonchev–Trinajstić information content (AvgIpc) is 0.702. The van der Waals surface area contributed by atoms with E-state index in [1.807, 2.05) is 0 Å². The number of amides is 3. The molecule has 9 aliphatic carbocycles.